The summed E-state index contributed by atoms with van der Waals surface area (Å²) in [5, 5.41) is 2.86. The van der Waals surface area contributed by atoms with Gasteiger partial charge in [0.25, 0.3) is 5.91 Å². The molecule has 0 aromatic carbocycles. The number of hydrogen-bond donors (Lipinski definition) is 1. The quantitative estimate of drug-likeness (QED) is 0.342. The second kappa shape index (κ2) is 13.3. The molecule has 2 aliphatic rings. The van der Waals surface area contributed by atoms with E-state index in [2.05, 4.69) is 35.6 Å². The number of fused-ring (bicyclic) bond motifs is 1. The first-order chi connectivity index (χ1) is 18.3. The molecule has 0 saturated heterocycles. The highest BCUT2D eigenvalue weighted by atomic mass is 32.2. The number of pyridine rings is 1. The summed E-state index contributed by atoms with van der Waals surface area (Å²) in [7, 11) is -3.13. The molecular formula is C29H40F3N3O3S. The Labute approximate surface area is 230 Å². The van der Waals surface area contributed by atoms with Gasteiger partial charge in [0, 0.05) is 31.6 Å². The van der Waals surface area contributed by atoms with Crippen LogP contribution in [0, 0.1) is 17.8 Å². The van der Waals surface area contributed by atoms with Crippen molar-refractivity contribution in [2.24, 2.45) is 17.8 Å². The van der Waals surface area contributed by atoms with Crippen molar-refractivity contribution >= 4 is 15.7 Å². The van der Waals surface area contributed by atoms with Gasteiger partial charge in [-0.1, -0.05) is 51.7 Å². The van der Waals surface area contributed by atoms with E-state index in [4.69, 9.17) is 0 Å². The van der Waals surface area contributed by atoms with Crippen LogP contribution >= 0.6 is 0 Å². The third-order valence-corrected chi connectivity index (χ3v) is 9.23. The molecule has 39 heavy (non-hydrogen) atoms. The van der Waals surface area contributed by atoms with E-state index in [1.807, 2.05) is 6.07 Å². The smallest absolute Gasteiger partial charge is 0.348 e. The summed E-state index contributed by atoms with van der Waals surface area (Å²) in [6.07, 6.45) is 5.51. The van der Waals surface area contributed by atoms with Gasteiger partial charge in [0.1, 0.15) is 0 Å². The first kappa shape index (κ1) is 31.1. The Morgan fingerprint density at radius 2 is 1.95 bits per heavy atom. The van der Waals surface area contributed by atoms with Crippen LogP contribution in [0.1, 0.15) is 74.1 Å². The highest BCUT2D eigenvalue weighted by molar-refractivity contribution is 7.91. The van der Waals surface area contributed by atoms with Crippen LogP contribution in [0.5, 0.6) is 0 Å². The van der Waals surface area contributed by atoms with Crippen LogP contribution in [-0.4, -0.2) is 55.0 Å². The topological polar surface area (TPSA) is 79.4 Å². The molecule has 1 saturated carbocycles. The number of rotatable bonds is 11. The predicted molar refractivity (Wildman–Crippen MR) is 148 cm³/mol. The van der Waals surface area contributed by atoms with E-state index >= 15 is 0 Å². The van der Waals surface area contributed by atoms with Gasteiger partial charge in [0.2, 0.25) is 0 Å². The van der Waals surface area contributed by atoms with Crippen molar-refractivity contribution in [3.8, 4) is 0 Å². The zero-order valence-corrected chi connectivity index (χ0v) is 23.8. The van der Waals surface area contributed by atoms with Gasteiger partial charge in [0.15, 0.2) is 9.84 Å². The summed E-state index contributed by atoms with van der Waals surface area (Å²) in [5.41, 5.74) is 3.04. The van der Waals surface area contributed by atoms with Crippen LogP contribution in [-0.2, 0) is 16.4 Å². The van der Waals surface area contributed by atoms with E-state index in [0.717, 1.165) is 17.8 Å². The van der Waals surface area contributed by atoms with Crippen LogP contribution in [0.4, 0.5) is 13.2 Å². The molecule has 10 heteroatoms. The molecule has 1 amide bonds. The number of nitrogens with one attached hydrogen (secondary N) is 1. The minimum absolute atomic E-state index is 0.0594. The lowest BCUT2D eigenvalue weighted by Crippen LogP contribution is -2.35. The predicted octanol–water partition coefficient (Wildman–Crippen LogP) is 5.80. The van der Waals surface area contributed by atoms with Gasteiger partial charge >= 0.3 is 6.18 Å². The molecule has 1 fully saturated rings. The van der Waals surface area contributed by atoms with E-state index in [-0.39, 0.29) is 54.7 Å². The third kappa shape index (κ3) is 8.51. The zero-order valence-electron chi connectivity index (χ0n) is 23.0. The summed E-state index contributed by atoms with van der Waals surface area (Å²) < 4.78 is 62.7. The van der Waals surface area contributed by atoms with Gasteiger partial charge in [0.05, 0.1) is 29.0 Å². The lowest BCUT2D eigenvalue weighted by atomic mass is 9.81. The molecule has 6 nitrogen and oxygen atoms in total. The van der Waals surface area contributed by atoms with E-state index in [1.165, 1.54) is 0 Å². The average Bonchev–Trinajstić information content (AvgIpc) is 3.24. The molecule has 0 unspecified atom stereocenters. The molecule has 1 aromatic rings. The lowest BCUT2D eigenvalue weighted by Gasteiger charge is -2.35. The Bertz CT molecular complexity index is 1180. The molecule has 2 heterocycles. The summed E-state index contributed by atoms with van der Waals surface area (Å²) in [5.74, 6) is -1.00. The summed E-state index contributed by atoms with van der Waals surface area (Å²) >= 11 is 0. The number of carbonyl (C=O) groups is 1. The highest BCUT2D eigenvalue weighted by Crippen LogP contribution is 2.43. The number of carbonyl (C=O) groups excluding carboxylic acids is 1. The fourth-order valence-corrected chi connectivity index (χ4v) is 6.15. The van der Waals surface area contributed by atoms with Crippen molar-refractivity contribution in [2.45, 2.75) is 65.2 Å². The average molecular weight is 568 g/mol. The Morgan fingerprint density at radius 1 is 1.26 bits per heavy atom. The number of alkyl halides is 3. The number of allylic oxidation sites excluding steroid dienone is 2. The molecule has 3 rings (SSSR count). The molecule has 1 aliphatic carbocycles. The zero-order chi connectivity index (χ0) is 28.8. The van der Waals surface area contributed by atoms with E-state index in [1.54, 1.807) is 37.4 Å². The van der Waals surface area contributed by atoms with Crippen LogP contribution in [0.25, 0.3) is 0 Å². The second-order valence-corrected chi connectivity index (χ2v) is 13.3. The van der Waals surface area contributed by atoms with Gasteiger partial charge in [-0.2, -0.15) is 13.2 Å². The van der Waals surface area contributed by atoms with E-state index in [9.17, 15) is 26.4 Å². The fourth-order valence-electron chi connectivity index (χ4n) is 5.52. The Balaban J connectivity index is 1.64. The molecule has 1 aromatic heterocycles. The first-order valence-corrected chi connectivity index (χ1v) is 15.4. The van der Waals surface area contributed by atoms with E-state index < -0.39 is 21.9 Å². The number of sulfone groups is 1. The van der Waals surface area contributed by atoms with Crippen molar-refractivity contribution in [1.29, 1.82) is 0 Å². The fraction of sp³-hybridized carbons (Fsp3) is 0.586. The largest absolute Gasteiger partial charge is 0.391 e. The number of nitrogens with zero attached hydrogens (tertiary/aromatic N) is 2. The van der Waals surface area contributed by atoms with Crippen molar-refractivity contribution in [3.63, 3.8) is 0 Å². The minimum Gasteiger partial charge on any atom is -0.348 e. The number of amides is 1. The number of aromatic nitrogens is 1. The van der Waals surface area contributed by atoms with Crippen LogP contribution in [0.3, 0.4) is 0 Å². The summed E-state index contributed by atoms with van der Waals surface area (Å²) in [4.78, 5) is 19.9. The number of halogens is 3. The van der Waals surface area contributed by atoms with Gasteiger partial charge in [-0.15, -0.1) is 0 Å². The maximum Gasteiger partial charge on any atom is 0.391 e. The lowest BCUT2D eigenvalue weighted by molar-refractivity contribution is -0.184. The normalized spacial score (nSPS) is 22.8. The van der Waals surface area contributed by atoms with Crippen molar-refractivity contribution in [3.05, 3.63) is 65.5 Å². The summed E-state index contributed by atoms with van der Waals surface area (Å²) in [6, 6.07) is 1.91. The first-order valence-electron chi connectivity index (χ1n) is 13.6. The van der Waals surface area contributed by atoms with Crippen LogP contribution in [0.2, 0.25) is 0 Å². The molecule has 0 spiro atoms. The van der Waals surface area contributed by atoms with Crippen molar-refractivity contribution < 1.29 is 26.4 Å². The molecule has 0 radical (unpaired) electrons. The van der Waals surface area contributed by atoms with Gasteiger partial charge in [-0.05, 0) is 54.7 Å². The molecule has 1 atom stereocenters. The van der Waals surface area contributed by atoms with Crippen LogP contribution in [0.15, 0.2) is 48.7 Å². The van der Waals surface area contributed by atoms with Gasteiger partial charge in [-0.3, -0.25) is 14.7 Å². The molecule has 1 aliphatic heterocycles. The van der Waals surface area contributed by atoms with E-state index in [0.29, 0.717) is 30.5 Å². The monoisotopic (exact) mass is 567 g/mol. The maximum atomic E-state index is 13.1. The molecule has 0 bridgehead atoms. The molecule has 216 valence electrons. The molecular weight excluding hydrogens is 527 g/mol. The highest BCUT2D eigenvalue weighted by Gasteiger charge is 2.42. The SMILES string of the molecule is C=C/C=C(\C=C/CS(=O)(=O)CC)CNC(=O)c1cnc2c(c1)CN(C[C@H]1CC[C@H](C(F)(F)F)CC1)[C@H]2C(C)C. The Hall–Kier alpha value is -2.46. The maximum absolute atomic E-state index is 13.1. The van der Waals surface area contributed by atoms with Gasteiger partial charge in [-0.25, -0.2) is 8.42 Å². The van der Waals surface area contributed by atoms with Gasteiger partial charge < -0.3 is 5.32 Å². The molecule has 1 N–H and O–H groups in total. The standard InChI is InChI=1S/C29H40F3N3O3S/c1-5-8-21(9-7-14-39(37,38)6-2)16-34-28(36)23-15-24-19-35(27(20(3)4)26(24)33-17-23)18-22-10-12-25(13-11-22)29(30,31)32/h5,7-9,15,17,20,22,25,27H,1,6,10-14,16,18-19H2,2-4H3,(H,34,36)/b9-7-,21-8+/t22-,25-,27-/m0/s1. The number of hydrogen-bond acceptors (Lipinski definition) is 5. The van der Waals surface area contributed by atoms with Crippen molar-refractivity contribution in [1.82, 2.24) is 15.2 Å². The Kier molecular flexibility index (Phi) is 10.6. The minimum atomic E-state index is -4.11. The van der Waals surface area contributed by atoms with Crippen molar-refractivity contribution in [2.75, 3.05) is 24.6 Å². The Morgan fingerprint density at radius 3 is 2.54 bits per heavy atom. The summed E-state index contributed by atoms with van der Waals surface area (Å²) in [6.45, 7) is 11.0. The van der Waals surface area contributed by atoms with Crippen LogP contribution < -0.4 is 5.32 Å². The third-order valence-electron chi connectivity index (χ3n) is 7.65. The second-order valence-electron chi connectivity index (χ2n) is 10.9.